The van der Waals surface area contributed by atoms with Crippen molar-refractivity contribution in [2.45, 2.75) is 52.4 Å². The Balaban J connectivity index is 1.71. The van der Waals surface area contributed by atoms with E-state index in [1.807, 2.05) is 13.8 Å². The molecule has 0 aliphatic heterocycles. The van der Waals surface area contributed by atoms with Crippen LogP contribution in [0.15, 0.2) is 18.2 Å². The van der Waals surface area contributed by atoms with Gasteiger partial charge in [0.25, 0.3) is 0 Å². The molecule has 0 amide bonds. The zero-order valence-corrected chi connectivity index (χ0v) is 12.1. The van der Waals surface area contributed by atoms with Crippen molar-refractivity contribution in [2.75, 3.05) is 11.9 Å². The Morgan fingerprint density at radius 2 is 2.00 bits per heavy atom. The summed E-state index contributed by atoms with van der Waals surface area (Å²) >= 11 is 0. The standard InChI is InChI=1S/C17H24N2/c1-17(2,13-18)10-3-4-11-19-16-9-8-14-6-5-7-15(14)12-16/h8-9,12,19H,3-7,10-11H2,1-2H3. The first-order chi connectivity index (χ1) is 9.11. The van der Waals surface area contributed by atoms with Crippen LogP contribution in [-0.2, 0) is 12.8 Å². The lowest BCUT2D eigenvalue weighted by Gasteiger charge is -2.14. The van der Waals surface area contributed by atoms with Gasteiger partial charge in [0.1, 0.15) is 0 Å². The van der Waals surface area contributed by atoms with Crippen molar-refractivity contribution in [1.29, 1.82) is 5.26 Å². The van der Waals surface area contributed by atoms with Crippen molar-refractivity contribution in [3.8, 4) is 6.07 Å². The molecule has 0 radical (unpaired) electrons. The molecule has 0 heterocycles. The van der Waals surface area contributed by atoms with Gasteiger partial charge in [-0.3, -0.25) is 0 Å². The zero-order valence-electron chi connectivity index (χ0n) is 12.1. The van der Waals surface area contributed by atoms with Crippen molar-refractivity contribution in [3.05, 3.63) is 29.3 Å². The first-order valence-corrected chi connectivity index (χ1v) is 7.38. The molecule has 0 aromatic heterocycles. The SMILES string of the molecule is CC(C)(C#N)CCCCNc1ccc2c(c1)CCC2. The molecule has 102 valence electrons. The van der Waals surface area contributed by atoms with Gasteiger partial charge >= 0.3 is 0 Å². The topological polar surface area (TPSA) is 35.8 Å². The van der Waals surface area contributed by atoms with Crippen LogP contribution in [0, 0.1) is 16.7 Å². The van der Waals surface area contributed by atoms with Crippen LogP contribution in [0.3, 0.4) is 0 Å². The second-order valence-electron chi connectivity index (χ2n) is 6.22. The number of anilines is 1. The highest BCUT2D eigenvalue weighted by molar-refractivity contribution is 5.50. The molecule has 0 saturated carbocycles. The first-order valence-electron chi connectivity index (χ1n) is 7.38. The predicted molar refractivity (Wildman–Crippen MR) is 80.2 cm³/mol. The largest absolute Gasteiger partial charge is 0.385 e. The van der Waals surface area contributed by atoms with Crippen LogP contribution in [0.5, 0.6) is 0 Å². The van der Waals surface area contributed by atoms with E-state index < -0.39 is 0 Å². The molecule has 19 heavy (non-hydrogen) atoms. The van der Waals surface area contributed by atoms with Gasteiger partial charge in [0, 0.05) is 12.2 Å². The van der Waals surface area contributed by atoms with Gasteiger partial charge in [-0.1, -0.05) is 12.5 Å². The van der Waals surface area contributed by atoms with Crippen molar-refractivity contribution in [1.82, 2.24) is 0 Å². The number of nitrogens with zero attached hydrogens (tertiary/aromatic N) is 1. The number of hydrogen-bond acceptors (Lipinski definition) is 2. The number of nitrogens with one attached hydrogen (secondary N) is 1. The molecular weight excluding hydrogens is 232 g/mol. The molecule has 0 bridgehead atoms. The summed E-state index contributed by atoms with van der Waals surface area (Å²) in [5.74, 6) is 0. The lowest BCUT2D eigenvalue weighted by Crippen LogP contribution is -2.09. The maximum absolute atomic E-state index is 8.95. The van der Waals surface area contributed by atoms with E-state index >= 15 is 0 Å². The predicted octanol–water partition coefficient (Wildman–Crippen LogP) is 4.31. The van der Waals surface area contributed by atoms with Gasteiger partial charge < -0.3 is 5.32 Å². The smallest absolute Gasteiger partial charge is 0.0683 e. The van der Waals surface area contributed by atoms with Crippen molar-refractivity contribution in [3.63, 3.8) is 0 Å². The van der Waals surface area contributed by atoms with E-state index in [9.17, 15) is 0 Å². The maximum atomic E-state index is 8.95. The molecule has 0 unspecified atom stereocenters. The molecule has 1 aromatic carbocycles. The van der Waals surface area contributed by atoms with E-state index in [0.717, 1.165) is 25.8 Å². The zero-order chi connectivity index (χ0) is 13.7. The van der Waals surface area contributed by atoms with Crippen molar-refractivity contribution in [2.24, 2.45) is 5.41 Å². The van der Waals surface area contributed by atoms with E-state index in [4.69, 9.17) is 5.26 Å². The highest BCUT2D eigenvalue weighted by atomic mass is 14.9. The van der Waals surface area contributed by atoms with Crippen molar-refractivity contribution >= 4 is 5.69 Å². The minimum Gasteiger partial charge on any atom is -0.385 e. The van der Waals surface area contributed by atoms with Crippen molar-refractivity contribution < 1.29 is 0 Å². The molecule has 2 heteroatoms. The highest BCUT2D eigenvalue weighted by Crippen LogP contribution is 2.25. The highest BCUT2D eigenvalue weighted by Gasteiger charge is 2.15. The minimum absolute atomic E-state index is 0.173. The Morgan fingerprint density at radius 3 is 2.79 bits per heavy atom. The van der Waals surface area contributed by atoms with Gasteiger partial charge in [-0.25, -0.2) is 0 Å². The third-order valence-corrected chi connectivity index (χ3v) is 3.96. The van der Waals surface area contributed by atoms with Gasteiger partial charge in [0.2, 0.25) is 0 Å². The molecule has 0 spiro atoms. The Labute approximate surface area is 116 Å². The number of fused-ring (bicyclic) bond motifs is 1. The number of hydrogen-bond donors (Lipinski definition) is 1. The summed E-state index contributed by atoms with van der Waals surface area (Å²) in [6, 6.07) is 9.13. The summed E-state index contributed by atoms with van der Waals surface area (Å²) in [5.41, 5.74) is 4.13. The fourth-order valence-corrected chi connectivity index (χ4v) is 2.66. The summed E-state index contributed by atoms with van der Waals surface area (Å²) in [6.07, 6.45) is 7.01. The molecule has 1 aliphatic carbocycles. The molecule has 2 rings (SSSR count). The fraction of sp³-hybridized carbons (Fsp3) is 0.588. The summed E-state index contributed by atoms with van der Waals surface area (Å²) in [6.45, 7) is 5.03. The quantitative estimate of drug-likeness (QED) is 0.770. The molecule has 1 aliphatic rings. The maximum Gasteiger partial charge on any atom is 0.0683 e. The van der Waals surface area contributed by atoms with Gasteiger partial charge in [-0.15, -0.1) is 0 Å². The lowest BCUT2D eigenvalue weighted by molar-refractivity contribution is 0.430. The molecule has 0 fully saturated rings. The molecule has 1 aromatic rings. The summed E-state index contributed by atoms with van der Waals surface area (Å²) in [5, 5.41) is 12.4. The van der Waals surface area contributed by atoms with E-state index in [-0.39, 0.29) is 5.41 Å². The third kappa shape index (κ3) is 3.99. The molecule has 1 N–H and O–H groups in total. The number of nitriles is 1. The van der Waals surface area contributed by atoms with Crippen LogP contribution >= 0.6 is 0 Å². The van der Waals surface area contributed by atoms with Crippen LogP contribution in [0.1, 0.15) is 50.7 Å². The number of aryl methyl sites for hydroxylation is 2. The average Bonchev–Trinajstić information content (AvgIpc) is 2.85. The number of benzene rings is 1. The van der Waals surface area contributed by atoms with Gasteiger partial charge in [-0.05, 0) is 69.2 Å². The number of rotatable bonds is 6. The van der Waals surface area contributed by atoms with E-state index in [1.165, 1.54) is 36.1 Å². The van der Waals surface area contributed by atoms with Crippen LogP contribution in [0.25, 0.3) is 0 Å². The Hall–Kier alpha value is -1.49. The Bertz CT molecular complexity index is 469. The monoisotopic (exact) mass is 256 g/mol. The first kappa shape index (κ1) is 13.9. The van der Waals surface area contributed by atoms with E-state index in [1.54, 1.807) is 0 Å². The second kappa shape index (κ2) is 6.10. The summed E-state index contributed by atoms with van der Waals surface area (Å²) in [4.78, 5) is 0. The second-order valence-corrected chi connectivity index (χ2v) is 6.22. The fourth-order valence-electron chi connectivity index (χ4n) is 2.66. The summed E-state index contributed by atoms with van der Waals surface area (Å²) < 4.78 is 0. The molecule has 2 nitrogen and oxygen atoms in total. The molecular formula is C17H24N2. The van der Waals surface area contributed by atoms with Gasteiger partial charge in [-0.2, -0.15) is 5.26 Å². The minimum atomic E-state index is -0.173. The van der Waals surface area contributed by atoms with Crippen LogP contribution in [-0.4, -0.2) is 6.54 Å². The number of unbranched alkanes of at least 4 members (excludes halogenated alkanes) is 1. The molecule has 0 saturated heterocycles. The summed E-state index contributed by atoms with van der Waals surface area (Å²) in [7, 11) is 0. The van der Waals surface area contributed by atoms with Gasteiger partial charge in [0.15, 0.2) is 0 Å². The van der Waals surface area contributed by atoms with Crippen LogP contribution in [0.2, 0.25) is 0 Å². The Kier molecular flexibility index (Phi) is 4.47. The Morgan fingerprint density at radius 1 is 1.21 bits per heavy atom. The van der Waals surface area contributed by atoms with E-state index in [0.29, 0.717) is 0 Å². The normalized spacial score (nSPS) is 13.9. The van der Waals surface area contributed by atoms with Crippen LogP contribution in [0.4, 0.5) is 5.69 Å². The van der Waals surface area contributed by atoms with E-state index in [2.05, 4.69) is 29.6 Å². The van der Waals surface area contributed by atoms with Crippen LogP contribution < -0.4 is 5.32 Å². The van der Waals surface area contributed by atoms with Gasteiger partial charge in [0.05, 0.1) is 11.5 Å². The average molecular weight is 256 g/mol. The lowest BCUT2D eigenvalue weighted by atomic mass is 9.89. The molecule has 0 atom stereocenters. The third-order valence-electron chi connectivity index (χ3n) is 3.96.